The lowest BCUT2D eigenvalue weighted by molar-refractivity contribution is 0.579. The van der Waals surface area contributed by atoms with Crippen LogP contribution in [0.4, 0.5) is 0 Å². The van der Waals surface area contributed by atoms with E-state index in [0.717, 1.165) is 31.9 Å². The predicted octanol–water partition coefficient (Wildman–Crippen LogP) is 0.353. The average molecular weight is 220 g/mol. The van der Waals surface area contributed by atoms with Crippen molar-refractivity contribution in [3.63, 3.8) is 0 Å². The summed E-state index contributed by atoms with van der Waals surface area (Å²) >= 11 is 0. The van der Waals surface area contributed by atoms with Gasteiger partial charge in [0.15, 0.2) is 0 Å². The molecule has 0 fully saturated rings. The first kappa shape index (κ1) is 10.8. The lowest BCUT2D eigenvalue weighted by Gasteiger charge is -2.05. The van der Waals surface area contributed by atoms with Crippen molar-refractivity contribution in [1.82, 2.24) is 30.3 Å². The van der Waals surface area contributed by atoms with Gasteiger partial charge in [-0.25, -0.2) is 4.98 Å². The Kier molecular flexibility index (Phi) is 3.66. The van der Waals surface area contributed by atoms with E-state index in [0.29, 0.717) is 0 Å². The molecule has 0 radical (unpaired) electrons. The molecule has 0 aromatic carbocycles. The van der Waals surface area contributed by atoms with E-state index in [4.69, 9.17) is 0 Å². The third-order valence-electron chi connectivity index (χ3n) is 2.41. The van der Waals surface area contributed by atoms with E-state index < -0.39 is 0 Å². The van der Waals surface area contributed by atoms with E-state index in [1.165, 1.54) is 12.0 Å². The molecule has 0 aliphatic rings. The molecule has 2 rings (SSSR count). The molecule has 16 heavy (non-hydrogen) atoms. The van der Waals surface area contributed by atoms with Gasteiger partial charge in [-0.1, -0.05) is 0 Å². The third-order valence-corrected chi connectivity index (χ3v) is 2.41. The molecule has 0 aliphatic carbocycles. The number of aromatic nitrogens is 5. The second-order valence-electron chi connectivity index (χ2n) is 3.50. The van der Waals surface area contributed by atoms with E-state index in [1.54, 1.807) is 0 Å². The Balaban J connectivity index is 1.72. The Morgan fingerprint density at radius 1 is 1.50 bits per heavy atom. The molecule has 0 saturated heterocycles. The summed E-state index contributed by atoms with van der Waals surface area (Å²) in [6, 6.07) is 2.03. The van der Waals surface area contributed by atoms with Crippen LogP contribution in [0.3, 0.4) is 0 Å². The predicted molar refractivity (Wildman–Crippen MR) is 59.7 cm³/mol. The van der Waals surface area contributed by atoms with Gasteiger partial charge in [0.1, 0.15) is 12.2 Å². The Morgan fingerprint density at radius 3 is 3.19 bits per heavy atom. The minimum atomic E-state index is 0.835. The van der Waals surface area contributed by atoms with Gasteiger partial charge in [-0.3, -0.25) is 9.78 Å². The first-order chi connectivity index (χ1) is 7.90. The summed E-state index contributed by atoms with van der Waals surface area (Å²) in [6.45, 7) is 4.71. The molecular formula is C10H16N6. The zero-order valence-corrected chi connectivity index (χ0v) is 9.35. The zero-order valence-electron chi connectivity index (χ0n) is 9.35. The van der Waals surface area contributed by atoms with Crippen LogP contribution >= 0.6 is 0 Å². The second-order valence-corrected chi connectivity index (χ2v) is 3.50. The van der Waals surface area contributed by atoms with Crippen molar-refractivity contribution >= 4 is 0 Å². The van der Waals surface area contributed by atoms with E-state index in [1.807, 2.05) is 16.9 Å². The van der Waals surface area contributed by atoms with Crippen LogP contribution in [0.15, 0.2) is 18.6 Å². The third kappa shape index (κ3) is 2.66. The van der Waals surface area contributed by atoms with Crippen LogP contribution in [-0.4, -0.2) is 31.5 Å². The van der Waals surface area contributed by atoms with E-state index in [2.05, 4.69) is 32.5 Å². The Bertz CT molecular complexity index is 405. The number of hydrogen-bond donors (Lipinski definition) is 2. The molecule has 0 saturated carbocycles. The molecule has 0 spiro atoms. The van der Waals surface area contributed by atoms with Gasteiger partial charge in [-0.2, -0.15) is 10.2 Å². The number of nitrogens with one attached hydrogen (secondary N) is 2. The second kappa shape index (κ2) is 5.41. The van der Waals surface area contributed by atoms with Crippen molar-refractivity contribution in [2.45, 2.75) is 26.4 Å². The molecule has 0 unspecified atom stereocenters. The van der Waals surface area contributed by atoms with Gasteiger partial charge in [-0.05, 0) is 13.0 Å². The standard InChI is InChI=1S/C10H16N6/c1-2-16-9(3-6-14-16)7-11-5-4-10-12-8-13-15-10/h3,6,8,11H,2,4-5,7H2,1H3,(H,12,13,15). The molecule has 0 amide bonds. The van der Waals surface area contributed by atoms with E-state index in [-0.39, 0.29) is 0 Å². The first-order valence-corrected chi connectivity index (χ1v) is 5.45. The maximum Gasteiger partial charge on any atom is 0.137 e. The normalized spacial score (nSPS) is 10.8. The van der Waals surface area contributed by atoms with Crippen LogP contribution in [0.2, 0.25) is 0 Å². The van der Waals surface area contributed by atoms with Crippen LogP contribution in [0, 0.1) is 0 Å². The lowest BCUT2D eigenvalue weighted by atomic mass is 10.3. The minimum Gasteiger partial charge on any atom is -0.311 e. The summed E-state index contributed by atoms with van der Waals surface area (Å²) < 4.78 is 1.99. The highest BCUT2D eigenvalue weighted by Crippen LogP contribution is 1.97. The maximum atomic E-state index is 4.21. The van der Waals surface area contributed by atoms with Gasteiger partial charge in [-0.15, -0.1) is 0 Å². The van der Waals surface area contributed by atoms with Gasteiger partial charge < -0.3 is 5.32 Å². The summed E-state index contributed by atoms with van der Waals surface area (Å²) in [5.41, 5.74) is 1.21. The number of aromatic amines is 1. The maximum absolute atomic E-state index is 4.21. The Hall–Kier alpha value is -1.69. The molecule has 2 heterocycles. The SMILES string of the molecule is CCn1nccc1CNCCc1ncn[nH]1. The highest BCUT2D eigenvalue weighted by Gasteiger charge is 2.00. The van der Waals surface area contributed by atoms with E-state index in [9.17, 15) is 0 Å². The first-order valence-electron chi connectivity index (χ1n) is 5.45. The molecule has 0 aliphatic heterocycles. The number of rotatable bonds is 6. The average Bonchev–Trinajstić information content (AvgIpc) is 2.95. The van der Waals surface area contributed by atoms with Crippen molar-refractivity contribution in [3.8, 4) is 0 Å². The zero-order chi connectivity index (χ0) is 11.2. The molecule has 6 nitrogen and oxygen atoms in total. The molecule has 0 atom stereocenters. The van der Waals surface area contributed by atoms with Gasteiger partial charge in [0, 0.05) is 32.3 Å². The van der Waals surface area contributed by atoms with Crippen molar-refractivity contribution in [2.24, 2.45) is 0 Å². The van der Waals surface area contributed by atoms with Gasteiger partial charge in [0.2, 0.25) is 0 Å². The quantitative estimate of drug-likeness (QED) is 0.689. The minimum absolute atomic E-state index is 0.835. The van der Waals surface area contributed by atoms with Gasteiger partial charge in [0.05, 0.1) is 5.69 Å². The van der Waals surface area contributed by atoms with Crippen LogP contribution in [0.25, 0.3) is 0 Å². The lowest BCUT2D eigenvalue weighted by Crippen LogP contribution is -2.19. The van der Waals surface area contributed by atoms with Gasteiger partial charge in [0.25, 0.3) is 0 Å². The van der Waals surface area contributed by atoms with Crippen molar-refractivity contribution < 1.29 is 0 Å². The highest BCUT2D eigenvalue weighted by atomic mass is 15.3. The molecule has 2 aromatic heterocycles. The summed E-state index contributed by atoms with van der Waals surface area (Å²) in [5.74, 6) is 0.913. The smallest absolute Gasteiger partial charge is 0.137 e. The summed E-state index contributed by atoms with van der Waals surface area (Å²) in [6.07, 6.45) is 4.22. The molecule has 2 N–H and O–H groups in total. The summed E-state index contributed by atoms with van der Waals surface area (Å²) in [5, 5.41) is 14.2. The number of nitrogens with zero attached hydrogens (tertiary/aromatic N) is 4. The van der Waals surface area contributed by atoms with Crippen LogP contribution in [0.1, 0.15) is 18.4 Å². The largest absolute Gasteiger partial charge is 0.311 e. The Labute approximate surface area is 94.1 Å². The monoisotopic (exact) mass is 220 g/mol. The fourth-order valence-electron chi connectivity index (χ4n) is 1.57. The topological polar surface area (TPSA) is 71.4 Å². The van der Waals surface area contributed by atoms with Crippen LogP contribution in [0.5, 0.6) is 0 Å². The van der Waals surface area contributed by atoms with E-state index >= 15 is 0 Å². The number of hydrogen-bond acceptors (Lipinski definition) is 4. The molecular weight excluding hydrogens is 204 g/mol. The molecule has 0 bridgehead atoms. The van der Waals surface area contributed by atoms with Gasteiger partial charge >= 0.3 is 0 Å². The van der Waals surface area contributed by atoms with Crippen molar-refractivity contribution in [3.05, 3.63) is 30.1 Å². The number of aryl methyl sites for hydroxylation is 1. The van der Waals surface area contributed by atoms with Crippen LogP contribution < -0.4 is 5.32 Å². The molecule has 86 valence electrons. The van der Waals surface area contributed by atoms with Crippen LogP contribution in [-0.2, 0) is 19.5 Å². The Morgan fingerprint density at radius 2 is 2.44 bits per heavy atom. The summed E-state index contributed by atoms with van der Waals surface area (Å²) in [4.78, 5) is 4.06. The number of H-pyrrole nitrogens is 1. The molecule has 2 aromatic rings. The fraction of sp³-hybridized carbons (Fsp3) is 0.500. The van der Waals surface area contributed by atoms with Crippen molar-refractivity contribution in [2.75, 3.05) is 6.54 Å². The summed E-state index contributed by atoms with van der Waals surface area (Å²) in [7, 11) is 0. The highest BCUT2D eigenvalue weighted by molar-refractivity contribution is 4.99. The fourth-order valence-corrected chi connectivity index (χ4v) is 1.57. The molecule has 6 heteroatoms. The van der Waals surface area contributed by atoms with Crippen molar-refractivity contribution in [1.29, 1.82) is 0 Å².